The van der Waals surface area contributed by atoms with E-state index in [1.54, 1.807) is 49.4 Å². The van der Waals surface area contributed by atoms with Gasteiger partial charge in [0.05, 0.1) is 21.8 Å². The van der Waals surface area contributed by atoms with Crippen LogP contribution in [0.25, 0.3) is 22.2 Å². The summed E-state index contributed by atoms with van der Waals surface area (Å²) in [5.41, 5.74) is 10.00. The molecule has 3 aromatic carbocycles. The van der Waals surface area contributed by atoms with Gasteiger partial charge in [-0.2, -0.15) is 5.10 Å². The van der Waals surface area contributed by atoms with Crippen molar-refractivity contribution < 1.29 is 12.8 Å². The Hall–Kier alpha value is -3.98. The molecule has 162 valence electrons. The number of para-hydroxylation sites is 1. The fourth-order valence-corrected chi connectivity index (χ4v) is 5.16. The maximum absolute atomic E-state index is 13.8. The van der Waals surface area contributed by atoms with Crippen LogP contribution in [0.2, 0.25) is 0 Å². The quantitative estimate of drug-likeness (QED) is 0.244. The van der Waals surface area contributed by atoms with E-state index in [1.165, 1.54) is 40.4 Å². The number of nitrogens with two attached hydrogens (primary N) is 1. The molecule has 0 atom stereocenters. The van der Waals surface area contributed by atoms with Gasteiger partial charge >= 0.3 is 0 Å². The lowest BCUT2D eigenvalue weighted by atomic mass is 10.0. The number of halogens is 1. The fourth-order valence-electron chi connectivity index (χ4n) is 3.59. The van der Waals surface area contributed by atoms with Gasteiger partial charge in [-0.25, -0.2) is 22.2 Å². The van der Waals surface area contributed by atoms with E-state index >= 15 is 0 Å². The first-order chi connectivity index (χ1) is 15.3. The molecule has 0 aliphatic heterocycles. The van der Waals surface area contributed by atoms with Crippen molar-refractivity contribution in [2.45, 2.75) is 11.8 Å². The summed E-state index contributed by atoms with van der Waals surface area (Å²) in [5.74, 6) is -0.791. The van der Waals surface area contributed by atoms with Crippen LogP contribution in [0, 0.1) is 11.2 Å². The topological polar surface area (TPSA) is 113 Å². The van der Waals surface area contributed by atoms with Crippen LogP contribution in [0.5, 0.6) is 0 Å². The highest BCUT2D eigenvalue weighted by molar-refractivity contribution is 7.90. The first-order valence-corrected chi connectivity index (χ1v) is 11.1. The number of nitrogens with one attached hydrogen (secondary N) is 2. The van der Waals surface area contributed by atoms with Crippen molar-refractivity contribution >= 4 is 32.6 Å². The Kier molecular flexibility index (Phi) is 5.50. The highest BCUT2D eigenvalue weighted by Crippen LogP contribution is 2.37. The number of hydrogen-bond donors (Lipinski definition) is 3. The molecule has 4 N–H and O–H groups in total. The van der Waals surface area contributed by atoms with Gasteiger partial charge in [0.1, 0.15) is 5.82 Å². The van der Waals surface area contributed by atoms with Crippen molar-refractivity contribution in [3.63, 3.8) is 0 Å². The molecule has 9 heteroatoms. The minimum absolute atomic E-state index is 0.118. The minimum atomic E-state index is -4.02. The molecule has 0 amide bonds. The SMILES string of the molecule is C/C(=N/NC(=N)N)c1c(-c2ccc(F)cc2)n(S(=O)(=O)c2ccccc2)c2ccccc12. The van der Waals surface area contributed by atoms with E-state index in [-0.39, 0.29) is 10.9 Å². The van der Waals surface area contributed by atoms with Crippen molar-refractivity contribution in [2.75, 3.05) is 0 Å². The third kappa shape index (κ3) is 3.74. The lowest BCUT2D eigenvalue weighted by Crippen LogP contribution is -2.26. The summed E-state index contributed by atoms with van der Waals surface area (Å²) in [7, 11) is -4.02. The summed E-state index contributed by atoms with van der Waals surface area (Å²) < 4.78 is 42.5. The average Bonchev–Trinajstić information content (AvgIpc) is 3.14. The summed E-state index contributed by atoms with van der Waals surface area (Å²) in [4.78, 5) is 0.118. The second kappa shape index (κ2) is 8.27. The number of benzene rings is 3. The van der Waals surface area contributed by atoms with E-state index in [1.807, 2.05) is 0 Å². The maximum atomic E-state index is 13.8. The highest BCUT2D eigenvalue weighted by Gasteiger charge is 2.28. The second-order valence-electron chi connectivity index (χ2n) is 7.05. The van der Waals surface area contributed by atoms with E-state index in [0.717, 1.165) is 0 Å². The van der Waals surface area contributed by atoms with E-state index in [9.17, 15) is 12.8 Å². The Labute approximate surface area is 184 Å². The number of hydrogen-bond acceptors (Lipinski definition) is 4. The molecule has 0 bridgehead atoms. The first kappa shape index (κ1) is 21.3. The van der Waals surface area contributed by atoms with Gasteiger partial charge in [0.2, 0.25) is 5.96 Å². The molecule has 32 heavy (non-hydrogen) atoms. The Bertz CT molecular complexity index is 1440. The van der Waals surface area contributed by atoms with Gasteiger partial charge in [-0.1, -0.05) is 36.4 Å². The molecule has 4 rings (SSSR count). The van der Waals surface area contributed by atoms with E-state index < -0.39 is 15.8 Å². The second-order valence-corrected chi connectivity index (χ2v) is 8.84. The Morgan fingerprint density at radius 2 is 1.62 bits per heavy atom. The summed E-state index contributed by atoms with van der Waals surface area (Å²) in [6.07, 6.45) is 0. The number of hydrazone groups is 1. The van der Waals surface area contributed by atoms with E-state index in [2.05, 4.69) is 10.5 Å². The number of nitrogens with zero attached hydrogens (tertiary/aromatic N) is 2. The third-order valence-electron chi connectivity index (χ3n) is 4.94. The lowest BCUT2D eigenvalue weighted by molar-refractivity contribution is 0.589. The molecule has 1 aromatic heterocycles. The number of guanidine groups is 1. The first-order valence-electron chi connectivity index (χ1n) is 9.65. The van der Waals surface area contributed by atoms with Crippen LogP contribution in [0.4, 0.5) is 4.39 Å². The molecule has 0 aliphatic carbocycles. The van der Waals surface area contributed by atoms with E-state index in [0.29, 0.717) is 33.4 Å². The molecule has 0 saturated carbocycles. The zero-order chi connectivity index (χ0) is 22.9. The predicted molar refractivity (Wildman–Crippen MR) is 124 cm³/mol. The summed E-state index contributed by atoms with van der Waals surface area (Å²) in [5, 5.41) is 12.2. The maximum Gasteiger partial charge on any atom is 0.268 e. The van der Waals surface area contributed by atoms with Gasteiger partial charge < -0.3 is 5.73 Å². The molecule has 0 saturated heterocycles. The fraction of sp³-hybridized carbons (Fsp3) is 0.0435. The van der Waals surface area contributed by atoms with Crippen LogP contribution in [0.3, 0.4) is 0 Å². The number of aromatic nitrogens is 1. The van der Waals surface area contributed by atoms with Crippen molar-refractivity contribution in [1.29, 1.82) is 5.41 Å². The Balaban J connectivity index is 2.14. The Morgan fingerprint density at radius 3 is 2.28 bits per heavy atom. The van der Waals surface area contributed by atoms with Crippen molar-refractivity contribution in [3.05, 3.63) is 90.2 Å². The molecule has 7 nitrogen and oxygen atoms in total. The molecule has 0 radical (unpaired) electrons. The van der Waals surface area contributed by atoms with Crippen molar-refractivity contribution in [2.24, 2.45) is 10.8 Å². The zero-order valence-corrected chi connectivity index (χ0v) is 17.9. The Morgan fingerprint density at radius 1 is 1.00 bits per heavy atom. The van der Waals surface area contributed by atoms with Crippen LogP contribution in [0.15, 0.2) is 88.9 Å². The lowest BCUT2D eigenvalue weighted by Gasteiger charge is -2.14. The zero-order valence-electron chi connectivity index (χ0n) is 17.1. The average molecular weight is 450 g/mol. The van der Waals surface area contributed by atoms with Gasteiger partial charge in [-0.3, -0.25) is 5.41 Å². The summed E-state index contributed by atoms with van der Waals surface area (Å²) in [6, 6.07) is 20.7. The number of fused-ring (bicyclic) bond motifs is 1. The van der Waals surface area contributed by atoms with E-state index in [4.69, 9.17) is 11.1 Å². The van der Waals surface area contributed by atoms with Crippen LogP contribution < -0.4 is 11.2 Å². The third-order valence-corrected chi connectivity index (χ3v) is 6.66. The minimum Gasteiger partial charge on any atom is -0.369 e. The van der Waals surface area contributed by atoms with Crippen LogP contribution in [-0.4, -0.2) is 24.1 Å². The highest BCUT2D eigenvalue weighted by atomic mass is 32.2. The van der Waals surface area contributed by atoms with Gasteiger partial charge in [-0.15, -0.1) is 0 Å². The number of rotatable bonds is 5. The van der Waals surface area contributed by atoms with Gasteiger partial charge in [0.15, 0.2) is 0 Å². The van der Waals surface area contributed by atoms with Gasteiger partial charge in [-0.05, 0) is 49.4 Å². The van der Waals surface area contributed by atoms with Crippen molar-refractivity contribution in [3.8, 4) is 11.3 Å². The van der Waals surface area contributed by atoms with Gasteiger partial charge in [0, 0.05) is 16.5 Å². The predicted octanol–water partition coefficient (Wildman–Crippen LogP) is 3.89. The van der Waals surface area contributed by atoms with Crippen LogP contribution >= 0.6 is 0 Å². The molecule has 0 unspecified atom stereocenters. The molecule has 0 aliphatic rings. The van der Waals surface area contributed by atoms with Gasteiger partial charge in [0.25, 0.3) is 10.0 Å². The molecular weight excluding hydrogens is 429 g/mol. The monoisotopic (exact) mass is 449 g/mol. The van der Waals surface area contributed by atoms with Crippen LogP contribution in [0.1, 0.15) is 12.5 Å². The molecule has 0 spiro atoms. The standard InChI is InChI=1S/C23H20FN5O2S/c1-15(27-28-23(25)26)21-19-9-5-6-10-20(19)29(22(21)16-11-13-17(24)14-12-16)32(30,31)18-7-3-2-4-8-18/h2-14H,1H3,(H4,25,26,28)/b27-15-. The molecule has 4 aromatic rings. The summed E-state index contributed by atoms with van der Waals surface area (Å²) in [6.45, 7) is 1.68. The van der Waals surface area contributed by atoms with Crippen molar-refractivity contribution in [1.82, 2.24) is 9.40 Å². The largest absolute Gasteiger partial charge is 0.369 e. The molecule has 0 fully saturated rings. The smallest absolute Gasteiger partial charge is 0.268 e. The molecule has 1 heterocycles. The molecular formula is C23H20FN5O2S. The normalized spacial score (nSPS) is 12.1. The summed E-state index contributed by atoms with van der Waals surface area (Å²) >= 11 is 0. The van der Waals surface area contributed by atoms with Crippen LogP contribution in [-0.2, 0) is 10.0 Å².